The van der Waals surface area contributed by atoms with Crippen molar-refractivity contribution in [2.45, 2.75) is 124 Å². The molecule has 3 heterocycles. The zero-order valence-electron chi connectivity index (χ0n) is 33.4. The van der Waals surface area contributed by atoms with Crippen LogP contribution in [0.25, 0.3) is 22.8 Å². The number of nitrogens with one attached hydrogen (secondary N) is 2. The van der Waals surface area contributed by atoms with Crippen LogP contribution in [0.4, 0.5) is 11.4 Å². The number of Topliss-reactive ketones (excluding diaryl/α,β-unsaturated/α-hetero) is 1. The summed E-state index contributed by atoms with van der Waals surface area (Å²) in [5.41, 5.74) is 1.45. The third-order valence-electron chi connectivity index (χ3n) is 9.39. The summed E-state index contributed by atoms with van der Waals surface area (Å²) < 4.78 is 34.8. The molecule has 1 unspecified atom stereocenters. The van der Waals surface area contributed by atoms with Gasteiger partial charge in [-0.25, -0.2) is 13.4 Å². The van der Waals surface area contributed by atoms with Gasteiger partial charge in [-0.1, -0.05) is 135 Å². The molecule has 0 aliphatic rings. The van der Waals surface area contributed by atoms with Crippen LogP contribution in [0.2, 0.25) is 5.02 Å². The second-order valence-electron chi connectivity index (χ2n) is 15.3. The Balaban J connectivity index is 1.37. The van der Waals surface area contributed by atoms with Crippen molar-refractivity contribution in [3.8, 4) is 28.5 Å². The monoisotopic (exact) mass is 803 g/mol. The number of hydrogen-bond acceptors (Lipinski definition) is 8. The Bertz CT molecular complexity index is 1880. The lowest BCUT2D eigenvalue weighted by Gasteiger charge is -2.25. The number of hydrogen-bond donors (Lipinski definition) is 2. The molecule has 4 rings (SSSR count). The highest BCUT2D eigenvalue weighted by Crippen LogP contribution is 2.31. The quantitative estimate of drug-likeness (QED) is 0.0527. The van der Waals surface area contributed by atoms with Gasteiger partial charge in [0, 0.05) is 29.9 Å². The average molecular weight is 804 g/mol. The first-order chi connectivity index (χ1) is 26.9. The summed E-state index contributed by atoms with van der Waals surface area (Å²) in [6.45, 7) is 7.34. The molecule has 2 N–H and O–H groups in total. The molecular weight excluding hydrogens is 746 g/mol. The number of ether oxygens (including phenoxy) is 1. The van der Waals surface area contributed by atoms with Gasteiger partial charge in [-0.15, -0.1) is 0 Å². The van der Waals surface area contributed by atoms with Crippen molar-refractivity contribution in [2.75, 3.05) is 15.8 Å². The number of sulfonamides is 1. The van der Waals surface area contributed by atoms with Gasteiger partial charge in [0.05, 0.1) is 44.9 Å². The van der Waals surface area contributed by atoms with Crippen LogP contribution in [0, 0.1) is 5.41 Å². The second-order valence-corrected chi connectivity index (χ2v) is 17.6. The van der Waals surface area contributed by atoms with E-state index < -0.39 is 33.2 Å². The Hall–Kier alpha value is -4.35. The summed E-state index contributed by atoms with van der Waals surface area (Å²) in [4.78, 5) is 41.3. The molecular formula is C44H58ClN5O5S. The van der Waals surface area contributed by atoms with Crippen molar-refractivity contribution in [1.29, 1.82) is 0 Å². The molecule has 3 aromatic heterocycles. The molecule has 0 bridgehead atoms. The molecule has 0 radical (unpaired) electrons. The highest BCUT2D eigenvalue weighted by molar-refractivity contribution is 7.92. The van der Waals surface area contributed by atoms with Crippen LogP contribution in [-0.2, 0) is 19.6 Å². The molecule has 4 aromatic rings. The summed E-state index contributed by atoms with van der Waals surface area (Å²) >= 11 is 6.49. The predicted octanol–water partition coefficient (Wildman–Crippen LogP) is 11.1. The van der Waals surface area contributed by atoms with E-state index in [1.807, 2.05) is 12.1 Å². The minimum absolute atomic E-state index is 0.0156. The van der Waals surface area contributed by atoms with E-state index in [1.54, 1.807) is 69.6 Å². The molecule has 0 spiro atoms. The Morgan fingerprint density at radius 2 is 1.23 bits per heavy atom. The van der Waals surface area contributed by atoms with E-state index in [-0.39, 0.29) is 27.9 Å². The molecule has 56 heavy (non-hydrogen) atoms. The minimum Gasteiger partial charge on any atom is -0.472 e. The topological polar surface area (TPSA) is 140 Å². The fourth-order valence-electron chi connectivity index (χ4n) is 6.22. The van der Waals surface area contributed by atoms with Crippen molar-refractivity contribution in [3.05, 3.63) is 84.1 Å². The summed E-state index contributed by atoms with van der Waals surface area (Å²) in [6, 6.07) is 18.5. The fraction of sp³-hybridized carbons (Fsp3) is 0.477. The molecule has 0 saturated carbocycles. The third-order valence-corrected chi connectivity index (χ3v) is 11.1. The van der Waals surface area contributed by atoms with E-state index >= 15 is 0 Å². The van der Waals surface area contributed by atoms with Gasteiger partial charge in [-0.05, 0) is 48.9 Å². The van der Waals surface area contributed by atoms with Crippen LogP contribution >= 0.6 is 11.6 Å². The lowest BCUT2D eigenvalue weighted by Crippen LogP contribution is -2.45. The van der Waals surface area contributed by atoms with E-state index in [0.29, 0.717) is 29.2 Å². The van der Waals surface area contributed by atoms with Crippen LogP contribution in [0.1, 0.15) is 118 Å². The maximum absolute atomic E-state index is 13.9. The molecule has 10 nitrogen and oxygen atoms in total. The minimum atomic E-state index is -3.65. The average Bonchev–Trinajstić information content (AvgIpc) is 3.18. The van der Waals surface area contributed by atoms with Gasteiger partial charge in [0.1, 0.15) is 5.75 Å². The number of carbonyl (C=O) groups excluding carboxylic acids is 2. The number of carbonyl (C=O) groups is 2. The largest absolute Gasteiger partial charge is 0.472 e. The molecule has 1 atom stereocenters. The van der Waals surface area contributed by atoms with Crippen molar-refractivity contribution >= 4 is 44.7 Å². The number of rotatable bonds is 24. The van der Waals surface area contributed by atoms with Crippen LogP contribution in [0.15, 0.2) is 79.1 Å². The Kier molecular flexibility index (Phi) is 17.8. The molecule has 0 fully saturated rings. The number of unbranched alkanes of at least 4 members (excludes halogenated alkanes) is 13. The predicted molar refractivity (Wildman–Crippen MR) is 227 cm³/mol. The third kappa shape index (κ3) is 15.0. The lowest BCUT2D eigenvalue weighted by atomic mass is 9.87. The van der Waals surface area contributed by atoms with Crippen LogP contribution in [-0.4, -0.2) is 46.9 Å². The smallest absolute Gasteiger partial charge is 0.273 e. The fourth-order valence-corrected chi connectivity index (χ4v) is 7.56. The van der Waals surface area contributed by atoms with Gasteiger partial charge < -0.3 is 10.1 Å². The summed E-state index contributed by atoms with van der Waals surface area (Å²) in [7, 11) is -3.65. The molecule has 1 amide bonds. The van der Waals surface area contributed by atoms with Gasteiger partial charge in [0.25, 0.3) is 5.91 Å². The number of benzene rings is 1. The zero-order chi connectivity index (χ0) is 40.4. The van der Waals surface area contributed by atoms with E-state index in [4.69, 9.17) is 21.3 Å². The molecule has 12 heteroatoms. The Morgan fingerprint density at radius 3 is 1.71 bits per heavy atom. The number of nitrogens with zero attached hydrogens (tertiary/aromatic N) is 3. The highest BCUT2D eigenvalue weighted by atomic mass is 35.5. The molecule has 1 aromatic carbocycles. The summed E-state index contributed by atoms with van der Waals surface area (Å²) in [5, 5.41) is 2.87. The Labute approximate surface area is 338 Å². The first-order valence-electron chi connectivity index (χ1n) is 20.0. The molecule has 302 valence electrons. The van der Waals surface area contributed by atoms with E-state index in [1.165, 1.54) is 82.4 Å². The Morgan fingerprint density at radius 1 is 0.714 bits per heavy atom. The first kappa shape index (κ1) is 44.4. The van der Waals surface area contributed by atoms with Crippen LogP contribution < -0.4 is 14.8 Å². The van der Waals surface area contributed by atoms with Gasteiger partial charge in [-0.2, -0.15) is 0 Å². The number of anilines is 2. The van der Waals surface area contributed by atoms with Gasteiger partial charge >= 0.3 is 0 Å². The second kappa shape index (κ2) is 22.4. The molecule has 0 saturated heterocycles. The van der Waals surface area contributed by atoms with Gasteiger partial charge in [-0.3, -0.25) is 24.3 Å². The van der Waals surface area contributed by atoms with E-state index in [2.05, 4.69) is 26.9 Å². The number of halogens is 1. The SMILES string of the molecule is CCCCCCCCCCCCCCCCS(=O)(=O)Nc1ccc(Cl)c(NC(=O)C(Oc2cc(-c3ccccn3)nc(-c3ccccn3)c2)C(=O)C(C)(C)C)c1. The van der Waals surface area contributed by atoms with E-state index in [0.717, 1.165) is 19.3 Å². The standard InChI is InChI=1S/C44H58ClN5O5S/c1-5-6-7-8-9-10-11-12-13-14-15-16-17-22-29-56(53,54)50-33-25-26-35(45)38(30-33)49-43(52)41(42(51)44(2,3)4)55-34-31-39(36-23-18-20-27-46-36)48-40(32-34)37-24-19-21-28-47-37/h18-21,23-28,30-32,41,50H,5-17,22,29H2,1-4H3,(H,49,52). The number of amides is 1. The highest BCUT2D eigenvalue weighted by Gasteiger charge is 2.37. The van der Waals surface area contributed by atoms with Crippen molar-refractivity contribution in [3.63, 3.8) is 0 Å². The summed E-state index contributed by atoms with van der Waals surface area (Å²) in [6.07, 6.45) is 18.2. The van der Waals surface area contributed by atoms with Gasteiger partial charge in [0.15, 0.2) is 5.78 Å². The first-order valence-corrected chi connectivity index (χ1v) is 22.1. The zero-order valence-corrected chi connectivity index (χ0v) is 34.9. The molecule has 0 aliphatic carbocycles. The maximum Gasteiger partial charge on any atom is 0.273 e. The van der Waals surface area contributed by atoms with Crippen LogP contribution in [0.3, 0.4) is 0 Å². The van der Waals surface area contributed by atoms with Crippen LogP contribution in [0.5, 0.6) is 5.75 Å². The lowest BCUT2D eigenvalue weighted by molar-refractivity contribution is -0.140. The number of ketones is 1. The molecule has 0 aliphatic heterocycles. The maximum atomic E-state index is 13.9. The number of aromatic nitrogens is 3. The van der Waals surface area contributed by atoms with E-state index in [9.17, 15) is 18.0 Å². The number of pyridine rings is 3. The van der Waals surface area contributed by atoms with Gasteiger partial charge in [0.2, 0.25) is 16.1 Å². The normalized spacial score (nSPS) is 12.2. The van der Waals surface area contributed by atoms with Crippen molar-refractivity contribution < 1.29 is 22.7 Å². The van der Waals surface area contributed by atoms with Crippen molar-refractivity contribution in [1.82, 2.24) is 15.0 Å². The summed E-state index contributed by atoms with van der Waals surface area (Å²) in [5.74, 6) is -1.06. The van der Waals surface area contributed by atoms with Crippen molar-refractivity contribution in [2.24, 2.45) is 5.41 Å².